The minimum Gasteiger partial charge on any atom is -0.325 e. The number of H-pyrrole nitrogens is 2. The molecule has 5 aliphatic heterocycles. The number of rotatable bonds is 14. The lowest BCUT2D eigenvalue weighted by atomic mass is 9.92. The fraction of sp³-hybridized carbons (Fsp3) is 0.275. The highest BCUT2D eigenvalue weighted by molar-refractivity contribution is 6.20. The van der Waals surface area contributed by atoms with E-state index < -0.39 is 23.7 Å². The monoisotopic (exact) mass is 1730 g/mol. The van der Waals surface area contributed by atoms with Crippen molar-refractivity contribution in [3.05, 3.63) is 252 Å². The summed E-state index contributed by atoms with van der Waals surface area (Å²) < 4.78 is 85.6. The van der Waals surface area contributed by atoms with E-state index in [1.54, 1.807) is 28.9 Å². The number of carbonyl (C=O) groups excluding carboxylic acids is 5. The summed E-state index contributed by atoms with van der Waals surface area (Å²) in [6.07, 6.45) is -0.303. The van der Waals surface area contributed by atoms with Gasteiger partial charge in [0.05, 0.1) is 68.6 Å². The zero-order valence-corrected chi connectivity index (χ0v) is 71.3. The summed E-state index contributed by atoms with van der Waals surface area (Å²) >= 11 is 0. The van der Waals surface area contributed by atoms with E-state index in [1.165, 1.54) is 32.4 Å². The van der Waals surface area contributed by atoms with Gasteiger partial charge in [-0.25, -0.2) is 5.10 Å². The van der Waals surface area contributed by atoms with E-state index in [0.717, 1.165) is 146 Å². The Morgan fingerprint density at radius 3 is 1.28 bits per heavy atom. The van der Waals surface area contributed by atoms with Gasteiger partial charge in [0.15, 0.2) is 40.3 Å². The molecule has 0 spiro atoms. The Morgan fingerprint density at radius 2 is 0.843 bits per heavy atom. The molecule has 654 valence electrons. The topological polar surface area (TPSA) is 441 Å². The number of nitrogens with two attached hydrogens (primary N) is 5. The standard InChI is InChI=1S/2C16H18N4O.2C15H13F3N4O.C15H16N4O.C14H14N4O/c1-9-16(10(2)20(3)19-9)11-4-5-12-13(6-11)14(7-17)18-8-15(12)21;1-2-5-20-10-12(8-19-20)11-3-4-13-14(6-11)15(7-17)18-9-16(13)21;1-22-12(5-14(21-22)15(16,17)18)8-2-3-9-10(4-8)11(6-19)20-7-13(9)23;1-3-12-10-6-8(4-5-9(10)14(23)20-19-12)11-7-22(2)21-13(11)15(16,17)18;1-9-13(8-19(2)18-9)10-3-4-11-12(5-10)14(6-16)17-7-15(11)20;1-8-4-12(18-17-8)9-2-3-10-11(5-9)13(6-15)16-7-14(10)19/h4-6H,7-8,17H2,1-3H3;3-4,6,8,10H,2,5,7,9,17H2,1H3;2-5H,6-7,19H2,1H3;4-7H,3H2,1-2H3,(H,20,23);3-5,8H,6-7,16H2,1-2H3;2-5H,6-7,15H2,1H3,(H,17,18). The first-order valence-electron chi connectivity index (χ1n) is 40.5. The first kappa shape index (κ1) is 90.5. The molecule has 18 rings (SSSR count). The number of aromatic nitrogens is 14. The Bertz CT molecular complexity index is 6720. The number of hydrogen-bond donors (Lipinski definition) is 7. The highest BCUT2D eigenvalue weighted by atomic mass is 19.4. The van der Waals surface area contributed by atoms with Crippen LogP contribution in [0.1, 0.15) is 140 Å². The van der Waals surface area contributed by atoms with Crippen molar-refractivity contribution in [2.24, 2.45) is 81.8 Å². The Hall–Kier alpha value is -14.2. The number of ketones is 5. The van der Waals surface area contributed by atoms with Crippen molar-refractivity contribution in [2.45, 2.75) is 73.3 Å². The molecule has 0 amide bonds. The summed E-state index contributed by atoms with van der Waals surface area (Å²) in [7, 11) is 6.70. The summed E-state index contributed by atoms with van der Waals surface area (Å²) in [5.74, 6) is 0.0529. The molecule has 5 aliphatic rings. The van der Waals surface area contributed by atoms with Crippen LogP contribution in [0.15, 0.2) is 176 Å². The molecular weight excluding hydrogens is 1640 g/mol. The molecule has 0 saturated carbocycles. The molecule has 30 nitrogen and oxygen atoms in total. The zero-order chi connectivity index (χ0) is 91.2. The predicted octanol–water partition coefficient (Wildman–Crippen LogP) is 11.2. The van der Waals surface area contributed by atoms with Gasteiger partial charge in [0.2, 0.25) is 0 Å². The normalized spacial score (nSPS) is 13.8. The van der Waals surface area contributed by atoms with Crippen LogP contribution in [0.25, 0.3) is 77.8 Å². The number of alkyl halides is 6. The molecule has 127 heavy (non-hydrogen) atoms. The van der Waals surface area contributed by atoms with Gasteiger partial charge >= 0.3 is 12.4 Å². The number of aliphatic imine (C=N–C) groups is 5. The lowest BCUT2D eigenvalue weighted by molar-refractivity contribution is -0.142. The van der Waals surface area contributed by atoms with Crippen LogP contribution in [0.2, 0.25) is 0 Å². The number of aryl methyl sites for hydroxylation is 9. The molecule has 7 aromatic heterocycles. The molecule has 0 aliphatic carbocycles. The number of nitrogens with one attached hydrogen (secondary N) is 2. The number of aromatic amines is 2. The van der Waals surface area contributed by atoms with Gasteiger partial charge in [-0.15, -0.1) is 0 Å². The highest BCUT2D eigenvalue weighted by Gasteiger charge is 2.38. The van der Waals surface area contributed by atoms with Crippen LogP contribution in [0.5, 0.6) is 0 Å². The number of carbonyl (C=O) groups is 5. The molecular formula is C91H92F6N24O6. The molecule has 0 saturated heterocycles. The number of nitrogens with zero attached hydrogens (tertiary/aromatic N) is 17. The Balaban J connectivity index is 0.000000131. The second kappa shape index (κ2) is 38.1. The number of Topliss-reactive ketones (excluding diaryl/α,β-unsaturated/α-hetero) is 5. The van der Waals surface area contributed by atoms with Gasteiger partial charge < -0.3 is 28.7 Å². The van der Waals surface area contributed by atoms with Crippen molar-refractivity contribution in [3.8, 4) is 67.0 Å². The van der Waals surface area contributed by atoms with E-state index in [-0.39, 0.29) is 79.3 Å². The van der Waals surface area contributed by atoms with Crippen LogP contribution in [0.4, 0.5) is 26.3 Å². The van der Waals surface area contributed by atoms with Crippen LogP contribution in [0, 0.1) is 27.7 Å². The molecule has 12 heterocycles. The molecule has 13 aromatic rings. The third-order valence-corrected chi connectivity index (χ3v) is 21.8. The first-order valence-corrected chi connectivity index (χ1v) is 40.5. The maximum atomic E-state index is 13.1. The molecule has 0 fully saturated rings. The van der Waals surface area contributed by atoms with Crippen LogP contribution >= 0.6 is 0 Å². The Labute approximate surface area is 723 Å². The van der Waals surface area contributed by atoms with Gasteiger partial charge in [0, 0.05) is 192 Å². The molecule has 0 unspecified atom stereocenters. The average Bonchev–Trinajstić information content (AvgIpc) is 1.69. The summed E-state index contributed by atoms with van der Waals surface area (Å²) in [5, 5.41) is 34.6. The van der Waals surface area contributed by atoms with Gasteiger partial charge in [-0.1, -0.05) is 68.4 Å². The average molecular weight is 1730 g/mol. The lowest BCUT2D eigenvalue weighted by Gasteiger charge is -2.16. The number of halogens is 6. The summed E-state index contributed by atoms with van der Waals surface area (Å²) in [6, 6.07) is 35.5. The largest absolute Gasteiger partial charge is 0.435 e. The second-order valence-electron chi connectivity index (χ2n) is 30.4. The Kier molecular flexibility index (Phi) is 27.2. The fourth-order valence-corrected chi connectivity index (χ4v) is 15.5. The maximum Gasteiger partial charge on any atom is 0.435 e. The number of benzene rings is 6. The van der Waals surface area contributed by atoms with Crippen molar-refractivity contribution in [1.82, 2.24) is 69.3 Å². The van der Waals surface area contributed by atoms with E-state index in [2.05, 4.69) is 77.8 Å². The smallest absolute Gasteiger partial charge is 0.325 e. The van der Waals surface area contributed by atoms with Gasteiger partial charge in [-0.3, -0.25) is 82.2 Å². The first-order chi connectivity index (χ1) is 60.6. The lowest BCUT2D eigenvalue weighted by Crippen LogP contribution is -2.25. The van der Waals surface area contributed by atoms with Crippen LogP contribution in [0.3, 0.4) is 0 Å². The number of fused-ring (bicyclic) bond motifs is 6. The van der Waals surface area contributed by atoms with Crippen LogP contribution < -0.4 is 34.2 Å². The van der Waals surface area contributed by atoms with Gasteiger partial charge in [-0.2, -0.15) is 62.0 Å². The summed E-state index contributed by atoms with van der Waals surface area (Å²) in [6.45, 7) is 15.2. The van der Waals surface area contributed by atoms with Crippen LogP contribution in [-0.2, 0) is 53.5 Å². The van der Waals surface area contributed by atoms with E-state index in [9.17, 15) is 55.1 Å². The summed E-state index contributed by atoms with van der Waals surface area (Å²) in [5.41, 5.74) is 51.2. The maximum absolute atomic E-state index is 13.1. The van der Waals surface area contributed by atoms with E-state index in [1.807, 2.05) is 156 Å². The third-order valence-electron chi connectivity index (χ3n) is 21.8. The van der Waals surface area contributed by atoms with Crippen molar-refractivity contribution in [1.29, 1.82) is 0 Å². The zero-order valence-electron chi connectivity index (χ0n) is 71.3. The van der Waals surface area contributed by atoms with Gasteiger partial charge in [-0.05, 0) is 130 Å². The number of hydrogen-bond acceptors (Lipinski definition) is 23. The molecule has 0 atom stereocenters. The Morgan fingerprint density at radius 1 is 0.402 bits per heavy atom. The van der Waals surface area contributed by atoms with E-state index >= 15 is 0 Å². The van der Waals surface area contributed by atoms with Crippen molar-refractivity contribution in [2.75, 3.05) is 65.4 Å². The third kappa shape index (κ3) is 19.5. The van der Waals surface area contributed by atoms with Crippen molar-refractivity contribution >= 4 is 68.2 Å². The van der Waals surface area contributed by atoms with Gasteiger partial charge in [0.25, 0.3) is 5.56 Å². The van der Waals surface area contributed by atoms with Crippen molar-refractivity contribution < 1.29 is 50.3 Å². The van der Waals surface area contributed by atoms with E-state index in [0.29, 0.717) is 99.4 Å². The quantitative estimate of drug-likeness (QED) is 0.0497. The van der Waals surface area contributed by atoms with Crippen LogP contribution in [-0.4, -0.2) is 192 Å². The molecule has 0 bridgehead atoms. The molecule has 36 heteroatoms. The minimum absolute atomic E-state index is 0.0239. The minimum atomic E-state index is -4.55. The van der Waals surface area contributed by atoms with Gasteiger partial charge in [0.1, 0.15) is 32.7 Å². The fourth-order valence-electron chi connectivity index (χ4n) is 15.5. The SMILES string of the molecule is CCCn1cc(-c2ccc3c(c2)C(CN)=NCC3=O)cn1.CCc1n[nH]c(=O)c2ccc(-c3cn(C)nc3C(F)(F)F)cc12.Cc1cc(-c2ccc3c(c2)C(CN)=NCC3=O)n[nH]1.Cc1nn(C)c(C)c1-c1ccc2c(c1)C(CN)=NCC2=O.Cc1nn(C)cc1-c1ccc2c(c1)C(CN)=NCC2=O.Cn1nc(C(F)(F)F)cc1-c1ccc2c(c1)C(CN)=NCC2=O. The second-order valence-corrected chi connectivity index (χ2v) is 30.4. The summed E-state index contributed by atoms with van der Waals surface area (Å²) in [4.78, 5) is 92.4. The van der Waals surface area contributed by atoms with Crippen molar-refractivity contribution in [3.63, 3.8) is 0 Å². The molecule has 12 N–H and O–H groups in total. The molecule has 6 aromatic carbocycles. The highest BCUT2D eigenvalue weighted by Crippen LogP contribution is 2.39. The predicted molar refractivity (Wildman–Crippen MR) is 475 cm³/mol. The molecule has 0 radical (unpaired) electrons. The van der Waals surface area contributed by atoms with E-state index in [4.69, 9.17) is 28.7 Å².